The van der Waals surface area contributed by atoms with Gasteiger partial charge in [-0.25, -0.2) is 0 Å². The topological polar surface area (TPSA) is 23.8 Å². The molecule has 0 saturated carbocycles. The highest BCUT2D eigenvalue weighted by atomic mass is 32.2. The first-order valence-electron chi connectivity index (χ1n) is 2.85. The van der Waals surface area contributed by atoms with E-state index in [9.17, 15) is 0 Å². The molecule has 9 heavy (non-hydrogen) atoms. The SMILES string of the molecule is CSCC/C(C)=C\C#N. The van der Waals surface area contributed by atoms with Crippen molar-refractivity contribution in [2.45, 2.75) is 13.3 Å². The zero-order chi connectivity index (χ0) is 7.11. The molecule has 50 valence electrons. The van der Waals surface area contributed by atoms with Crippen molar-refractivity contribution in [3.8, 4) is 6.07 Å². The van der Waals surface area contributed by atoms with Gasteiger partial charge in [0.15, 0.2) is 0 Å². The number of hydrogen-bond donors (Lipinski definition) is 0. The van der Waals surface area contributed by atoms with Crippen molar-refractivity contribution < 1.29 is 0 Å². The lowest BCUT2D eigenvalue weighted by Gasteiger charge is -1.93. The van der Waals surface area contributed by atoms with Crippen LogP contribution in [0.1, 0.15) is 13.3 Å². The largest absolute Gasteiger partial charge is 0.193 e. The van der Waals surface area contributed by atoms with Crippen LogP contribution in [0.5, 0.6) is 0 Å². The average Bonchev–Trinajstić information content (AvgIpc) is 1.85. The second-order valence-corrected chi connectivity index (χ2v) is 2.85. The van der Waals surface area contributed by atoms with Crippen LogP contribution < -0.4 is 0 Å². The Bertz CT molecular complexity index is 132. The van der Waals surface area contributed by atoms with Gasteiger partial charge < -0.3 is 0 Å². The maximum atomic E-state index is 8.20. The van der Waals surface area contributed by atoms with Gasteiger partial charge in [-0.15, -0.1) is 0 Å². The molecule has 2 heteroatoms. The first-order valence-corrected chi connectivity index (χ1v) is 4.25. The lowest BCUT2D eigenvalue weighted by molar-refractivity contribution is 1.12. The Hall–Kier alpha value is -0.420. The van der Waals surface area contributed by atoms with Gasteiger partial charge >= 0.3 is 0 Å². The van der Waals surface area contributed by atoms with Gasteiger partial charge in [-0.1, -0.05) is 5.57 Å². The van der Waals surface area contributed by atoms with Crippen LogP contribution in [0.2, 0.25) is 0 Å². The quantitative estimate of drug-likeness (QED) is 0.563. The van der Waals surface area contributed by atoms with Crippen LogP contribution in [0.25, 0.3) is 0 Å². The van der Waals surface area contributed by atoms with Crippen LogP contribution >= 0.6 is 11.8 Å². The molecular weight excluding hydrogens is 130 g/mol. The van der Waals surface area contributed by atoms with Crippen LogP contribution in [0.15, 0.2) is 11.6 Å². The monoisotopic (exact) mass is 141 g/mol. The Labute approximate surface area is 60.8 Å². The molecule has 0 fully saturated rings. The van der Waals surface area contributed by atoms with Gasteiger partial charge in [0.2, 0.25) is 0 Å². The van der Waals surface area contributed by atoms with E-state index in [1.54, 1.807) is 17.8 Å². The molecule has 0 aliphatic carbocycles. The maximum absolute atomic E-state index is 8.20. The summed E-state index contributed by atoms with van der Waals surface area (Å²) in [6.45, 7) is 1.99. The van der Waals surface area contributed by atoms with E-state index >= 15 is 0 Å². The number of thioether (sulfide) groups is 1. The Morgan fingerprint density at radius 3 is 2.89 bits per heavy atom. The summed E-state index contributed by atoms with van der Waals surface area (Å²) in [5.74, 6) is 1.12. The molecule has 0 saturated heterocycles. The van der Waals surface area contributed by atoms with Crippen LogP contribution in [0.4, 0.5) is 0 Å². The molecule has 0 bridgehead atoms. The number of allylic oxidation sites excluding steroid dienone is 2. The molecule has 0 N–H and O–H groups in total. The molecule has 0 atom stereocenters. The number of rotatable bonds is 3. The van der Waals surface area contributed by atoms with Crippen LogP contribution in [0, 0.1) is 11.3 Å². The second-order valence-electron chi connectivity index (χ2n) is 1.86. The first kappa shape index (κ1) is 8.58. The van der Waals surface area contributed by atoms with Gasteiger partial charge in [0.1, 0.15) is 0 Å². The number of hydrogen-bond acceptors (Lipinski definition) is 2. The third kappa shape index (κ3) is 5.45. The van der Waals surface area contributed by atoms with E-state index < -0.39 is 0 Å². The second kappa shape index (κ2) is 5.71. The Kier molecular flexibility index (Phi) is 5.45. The molecule has 0 spiro atoms. The third-order valence-electron chi connectivity index (χ3n) is 1.01. The molecule has 0 aliphatic heterocycles. The Morgan fingerprint density at radius 1 is 1.78 bits per heavy atom. The molecule has 0 heterocycles. The minimum atomic E-state index is 1.04. The fourth-order valence-corrected chi connectivity index (χ4v) is 0.972. The van der Waals surface area contributed by atoms with Crippen molar-refractivity contribution in [3.63, 3.8) is 0 Å². The van der Waals surface area contributed by atoms with Crippen molar-refractivity contribution in [1.82, 2.24) is 0 Å². The number of nitriles is 1. The van der Waals surface area contributed by atoms with Crippen molar-refractivity contribution in [2.75, 3.05) is 12.0 Å². The molecule has 0 aromatic heterocycles. The van der Waals surface area contributed by atoms with E-state index in [4.69, 9.17) is 5.26 Å². The van der Waals surface area contributed by atoms with E-state index in [-0.39, 0.29) is 0 Å². The first-order chi connectivity index (χ1) is 4.31. The molecular formula is C7H11NS. The smallest absolute Gasteiger partial charge is 0.0911 e. The van der Waals surface area contributed by atoms with Crippen LogP contribution in [-0.4, -0.2) is 12.0 Å². The van der Waals surface area contributed by atoms with Crippen molar-refractivity contribution in [3.05, 3.63) is 11.6 Å². The highest BCUT2D eigenvalue weighted by Gasteiger charge is 1.86. The summed E-state index contributed by atoms with van der Waals surface area (Å²) in [7, 11) is 0. The lowest BCUT2D eigenvalue weighted by atomic mass is 10.2. The molecule has 0 rings (SSSR count). The Morgan fingerprint density at radius 2 is 2.44 bits per heavy atom. The van der Waals surface area contributed by atoms with E-state index in [2.05, 4.69) is 6.26 Å². The lowest BCUT2D eigenvalue weighted by Crippen LogP contribution is -1.79. The van der Waals surface area contributed by atoms with E-state index in [0.717, 1.165) is 12.2 Å². The minimum Gasteiger partial charge on any atom is -0.193 e. The summed E-state index contributed by atoms with van der Waals surface area (Å²) < 4.78 is 0. The van der Waals surface area contributed by atoms with Gasteiger partial charge in [0.05, 0.1) is 6.07 Å². The van der Waals surface area contributed by atoms with Crippen LogP contribution in [0.3, 0.4) is 0 Å². The van der Waals surface area contributed by atoms with E-state index in [1.165, 1.54) is 5.57 Å². The third-order valence-corrected chi connectivity index (χ3v) is 1.62. The Balaban J connectivity index is 3.40. The summed E-state index contributed by atoms with van der Waals surface area (Å²) in [6.07, 6.45) is 4.71. The predicted molar refractivity (Wildman–Crippen MR) is 42.4 cm³/mol. The maximum Gasteiger partial charge on any atom is 0.0911 e. The summed E-state index contributed by atoms with van der Waals surface area (Å²) in [6, 6.07) is 2.01. The van der Waals surface area contributed by atoms with Gasteiger partial charge in [-0.3, -0.25) is 0 Å². The average molecular weight is 141 g/mol. The molecule has 0 radical (unpaired) electrons. The summed E-state index contributed by atoms with van der Waals surface area (Å²) in [5.41, 5.74) is 1.17. The van der Waals surface area contributed by atoms with Gasteiger partial charge in [-0.05, 0) is 25.4 Å². The fourth-order valence-electron chi connectivity index (χ4n) is 0.445. The molecule has 0 amide bonds. The van der Waals surface area contributed by atoms with Gasteiger partial charge in [-0.2, -0.15) is 17.0 Å². The fraction of sp³-hybridized carbons (Fsp3) is 0.571. The highest BCUT2D eigenvalue weighted by molar-refractivity contribution is 7.98. The predicted octanol–water partition coefficient (Wildman–Crippen LogP) is 2.21. The van der Waals surface area contributed by atoms with Gasteiger partial charge in [0.25, 0.3) is 0 Å². The molecule has 0 unspecified atom stereocenters. The molecule has 0 aliphatic rings. The zero-order valence-electron chi connectivity index (χ0n) is 5.85. The van der Waals surface area contributed by atoms with Crippen molar-refractivity contribution in [1.29, 1.82) is 5.26 Å². The molecule has 0 aromatic rings. The standard InChI is InChI=1S/C7H11NS/c1-7(3-5-8)4-6-9-2/h3H,4,6H2,1-2H3/b7-3-. The summed E-state index contributed by atoms with van der Waals surface area (Å²) in [4.78, 5) is 0. The normalized spacial score (nSPS) is 11.0. The van der Waals surface area contributed by atoms with E-state index in [0.29, 0.717) is 0 Å². The van der Waals surface area contributed by atoms with Crippen molar-refractivity contribution in [2.24, 2.45) is 0 Å². The van der Waals surface area contributed by atoms with Crippen LogP contribution in [-0.2, 0) is 0 Å². The van der Waals surface area contributed by atoms with Gasteiger partial charge in [0, 0.05) is 6.08 Å². The molecule has 1 nitrogen and oxygen atoms in total. The molecule has 0 aromatic carbocycles. The summed E-state index contributed by atoms with van der Waals surface area (Å²) in [5, 5.41) is 8.20. The van der Waals surface area contributed by atoms with E-state index in [1.807, 2.05) is 13.0 Å². The minimum absolute atomic E-state index is 1.04. The number of nitrogens with zero attached hydrogens (tertiary/aromatic N) is 1. The summed E-state index contributed by atoms with van der Waals surface area (Å²) >= 11 is 1.81. The van der Waals surface area contributed by atoms with Crippen molar-refractivity contribution >= 4 is 11.8 Å². The zero-order valence-corrected chi connectivity index (χ0v) is 6.66. The highest BCUT2D eigenvalue weighted by Crippen LogP contribution is 2.04.